The monoisotopic (exact) mass is 425 g/mol. The second-order valence-corrected chi connectivity index (χ2v) is 7.56. The maximum absolute atomic E-state index is 13.3. The van der Waals surface area contributed by atoms with E-state index in [0.29, 0.717) is 16.1 Å². The highest BCUT2D eigenvalue weighted by Gasteiger charge is 2.24. The van der Waals surface area contributed by atoms with Crippen LogP contribution < -0.4 is 10.1 Å². The summed E-state index contributed by atoms with van der Waals surface area (Å²) < 4.78 is 23.3. The molecule has 5 nitrogen and oxygen atoms in total. The number of nitrogens with one attached hydrogen (secondary N) is 1. The van der Waals surface area contributed by atoms with E-state index < -0.39 is 5.97 Å². The Hall–Kier alpha value is -3.45. The van der Waals surface area contributed by atoms with Crippen molar-refractivity contribution in [3.63, 3.8) is 0 Å². The summed E-state index contributed by atoms with van der Waals surface area (Å²) in [6.07, 6.45) is 3.05. The van der Waals surface area contributed by atoms with Crippen LogP contribution in [0.5, 0.6) is 5.75 Å². The van der Waals surface area contributed by atoms with Gasteiger partial charge in [0, 0.05) is 16.5 Å². The third kappa shape index (κ3) is 4.75. The molecule has 1 heterocycles. The fourth-order valence-electron chi connectivity index (χ4n) is 2.93. The Balaban J connectivity index is 1.88. The van der Waals surface area contributed by atoms with Gasteiger partial charge in [0.15, 0.2) is 0 Å². The van der Waals surface area contributed by atoms with Crippen LogP contribution >= 0.6 is 11.3 Å². The van der Waals surface area contributed by atoms with Crippen LogP contribution in [-0.2, 0) is 9.53 Å². The van der Waals surface area contributed by atoms with Gasteiger partial charge in [0.25, 0.3) is 0 Å². The summed E-state index contributed by atoms with van der Waals surface area (Å²) in [6.45, 7) is 1.83. The minimum absolute atomic E-state index is 0.248. The van der Waals surface area contributed by atoms with E-state index in [4.69, 9.17) is 9.47 Å². The van der Waals surface area contributed by atoms with Crippen molar-refractivity contribution in [2.75, 3.05) is 19.5 Å². The molecule has 154 valence electrons. The van der Waals surface area contributed by atoms with Crippen LogP contribution in [0.4, 0.5) is 9.39 Å². The van der Waals surface area contributed by atoms with Gasteiger partial charge in [0.1, 0.15) is 22.1 Å². The Morgan fingerprint density at radius 1 is 1.03 bits per heavy atom. The van der Waals surface area contributed by atoms with Crippen LogP contribution in [-0.4, -0.2) is 26.1 Å². The number of methoxy groups -OCH3 is 2. The molecule has 0 aliphatic carbocycles. The fourth-order valence-corrected chi connectivity index (χ4v) is 4.00. The summed E-state index contributed by atoms with van der Waals surface area (Å²) in [7, 11) is 2.86. The first-order chi connectivity index (χ1) is 14.4. The molecule has 0 aliphatic rings. The lowest BCUT2D eigenvalue weighted by atomic mass is 10.0. The number of hydrogen-bond donors (Lipinski definition) is 1. The molecule has 7 heteroatoms. The number of esters is 1. The number of amides is 1. The van der Waals surface area contributed by atoms with Gasteiger partial charge in [-0.2, -0.15) is 0 Å². The van der Waals surface area contributed by atoms with Gasteiger partial charge in [0.05, 0.1) is 14.2 Å². The van der Waals surface area contributed by atoms with Gasteiger partial charge in [-0.3, -0.25) is 4.79 Å². The number of anilines is 1. The van der Waals surface area contributed by atoms with Gasteiger partial charge in [-0.25, -0.2) is 9.18 Å². The van der Waals surface area contributed by atoms with Crippen molar-refractivity contribution < 1.29 is 23.5 Å². The second kappa shape index (κ2) is 9.37. The number of benzene rings is 2. The highest BCUT2D eigenvalue weighted by Crippen LogP contribution is 2.40. The Kier molecular flexibility index (Phi) is 6.64. The van der Waals surface area contributed by atoms with Crippen molar-refractivity contribution in [3.8, 4) is 16.9 Å². The minimum atomic E-state index is -0.576. The largest absolute Gasteiger partial charge is 0.497 e. The molecule has 0 saturated carbocycles. The third-order valence-corrected chi connectivity index (χ3v) is 5.41. The molecule has 0 aliphatic heterocycles. The number of thiophene rings is 1. The summed E-state index contributed by atoms with van der Waals surface area (Å²) in [5.74, 6) is -0.610. The first-order valence-corrected chi connectivity index (χ1v) is 9.85. The van der Waals surface area contributed by atoms with Crippen molar-refractivity contribution in [2.24, 2.45) is 0 Å². The van der Waals surface area contributed by atoms with E-state index in [-0.39, 0.29) is 17.3 Å². The first kappa shape index (κ1) is 21.3. The average molecular weight is 425 g/mol. The number of rotatable bonds is 6. The van der Waals surface area contributed by atoms with Crippen LogP contribution in [0.1, 0.15) is 20.8 Å². The van der Waals surface area contributed by atoms with Gasteiger partial charge in [0.2, 0.25) is 5.91 Å². The molecule has 0 fully saturated rings. The molecule has 0 saturated heterocycles. The van der Waals surface area contributed by atoms with E-state index in [1.807, 2.05) is 19.1 Å². The molecule has 1 amide bonds. The SMILES string of the molecule is COC(=O)c1c(NC(=O)/C=C/c2ccc(OC)cc2)sc(C)c1-c1ccc(F)cc1. The zero-order valence-corrected chi connectivity index (χ0v) is 17.5. The zero-order chi connectivity index (χ0) is 21.7. The van der Waals surface area contributed by atoms with Crippen LogP contribution in [0.25, 0.3) is 17.2 Å². The lowest BCUT2D eigenvalue weighted by molar-refractivity contribution is -0.111. The third-order valence-electron chi connectivity index (χ3n) is 4.39. The maximum Gasteiger partial charge on any atom is 0.341 e. The molecule has 1 N–H and O–H groups in total. The Morgan fingerprint density at radius 3 is 2.30 bits per heavy atom. The van der Waals surface area contributed by atoms with Crippen molar-refractivity contribution >= 4 is 34.3 Å². The lowest BCUT2D eigenvalue weighted by Crippen LogP contribution is -2.11. The zero-order valence-electron chi connectivity index (χ0n) is 16.7. The predicted molar refractivity (Wildman–Crippen MR) is 116 cm³/mol. The molecule has 1 aromatic heterocycles. The van der Waals surface area contributed by atoms with Gasteiger partial charge in [-0.15, -0.1) is 11.3 Å². The summed E-state index contributed by atoms with van der Waals surface area (Å²) in [6, 6.07) is 13.1. The molecular weight excluding hydrogens is 405 g/mol. The number of halogens is 1. The summed E-state index contributed by atoms with van der Waals surface area (Å²) in [5.41, 5.74) is 2.35. The number of hydrogen-bond acceptors (Lipinski definition) is 5. The van der Waals surface area contributed by atoms with Crippen LogP contribution in [0, 0.1) is 12.7 Å². The molecular formula is C23H20FNO4S. The van der Waals surface area contributed by atoms with Crippen molar-refractivity contribution in [1.29, 1.82) is 0 Å². The highest BCUT2D eigenvalue weighted by atomic mass is 32.1. The van der Waals surface area contributed by atoms with E-state index in [2.05, 4.69) is 5.32 Å². The Bertz CT molecular complexity index is 1090. The standard InChI is InChI=1S/C23H20FNO4S/c1-14-20(16-7-9-17(24)10-8-16)21(23(27)29-3)22(30-14)25-19(26)13-6-15-4-11-18(28-2)12-5-15/h4-13H,1-3H3,(H,25,26)/b13-6+. The van der Waals surface area contributed by atoms with Crippen LogP contribution in [0.15, 0.2) is 54.6 Å². The molecule has 0 atom stereocenters. The van der Waals surface area contributed by atoms with Gasteiger partial charge in [-0.1, -0.05) is 24.3 Å². The van der Waals surface area contributed by atoms with Crippen LogP contribution in [0.2, 0.25) is 0 Å². The Morgan fingerprint density at radius 2 is 1.70 bits per heavy atom. The second-order valence-electron chi connectivity index (χ2n) is 6.33. The minimum Gasteiger partial charge on any atom is -0.497 e. The van der Waals surface area contributed by atoms with E-state index in [0.717, 1.165) is 16.2 Å². The number of ether oxygens (including phenoxy) is 2. The highest BCUT2D eigenvalue weighted by molar-refractivity contribution is 7.17. The van der Waals surface area contributed by atoms with Crippen molar-refractivity contribution in [2.45, 2.75) is 6.92 Å². The molecule has 3 rings (SSSR count). The normalized spacial score (nSPS) is 10.8. The molecule has 0 spiro atoms. The van der Waals surface area contributed by atoms with Gasteiger partial charge in [-0.05, 0) is 48.4 Å². The van der Waals surface area contributed by atoms with E-state index in [1.165, 1.54) is 36.7 Å². The molecule has 3 aromatic rings. The molecule has 0 bridgehead atoms. The quantitative estimate of drug-likeness (QED) is 0.429. The van der Waals surface area contributed by atoms with Gasteiger partial charge >= 0.3 is 5.97 Å². The molecule has 0 unspecified atom stereocenters. The average Bonchev–Trinajstić information content (AvgIpc) is 3.08. The smallest absolute Gasteiger partial charge is 0.341 e. The predicted octanol–water partition coefficient (Wildman–Crippen LogP) is 5.31. The van der Waals surface area contributed by atoms with E-state index in [9.17, 15) is 14.0 Å². The Labute approximate surface area is 177 Å². The van der Waals surface area contributed by atoms with Crippen molar-refractivity contribution in [1.82, 2.24) is 0 Å². The van der Waals surface area contributed by atoms with Crippen molar-refractivity contribution in [3.05, 3.63) is 76.4 Å². The molecule has 30 heavy (non-hydrogen) atoms. The topological polar surface area (TPSA) is 64.6 Å². The van der Waals surface area contributed by atoms with E-state index in [1.54, 1.807) is 37.5 Å². The van der Waals surface area contributed by atoms with Gasteiger partial charge < -0.3 is 14.8 Å². The maximum atomic E-state index is 13.3. The lowest BCUT2D eigenvalue weighted by Gasteiger charge is -2.07. The summed E-state index contributed by atoms with van der Waals surface area (Å²) in [5, 5.41) is 3.13. The van der Waals surface area contributed by atoms with E-state index >= 15 is 0 Å². The molecule has 0 radical (unpaired) electrons. The van der Waals surface area contributed by atoms with Crippen LogP contribution in [0.3, 0.4) is 0 Å². The number of aryl methyl sites for hydroxylation is 1. The molecule has 2 aromatic carbocycles. The first-order valence-electron chi connectivity index (χ1n) is 9.03. The summed E-state index contributed by atoms with van der Waals surface area (Å²) >= 11 is 1.26. The number of carbonyl (C=O) groups excluding carboxylic acids is 2. The fraction of sp³-hybridized carbons (Fsp3) is 0.130. The number of carbonyl (C=O) groups is 2. The summed E-state index contributed by atoms with van der Waals surface area (Å²) in [4.78, 5) is 25.7.